The van der Waals surface area contributed by atoms with Crippen molar-refractivity contribution < 1.29 is 33.8 Å². The van der Waals surface area contributed by atoms with Gasteiger partial charge in [-0.1, -0.05) is 66.7 Å². The van der Waals surface area contributed by atoms with Crippen LogP contribution in [0.4, 0.5) is 10.6 Å². The van der Waals surface area contributed by atoms with Crippen molar-refractivity contribution in [2.75, 3.05) is 31.6 Å². The van der Waals surface area contributed by atoms with Gasteiger partial charge in [-0.05, 0) is 42.5 Å². The SMILES string of the molecule is O=C(COC1CC(CNc2ccccn2)N(C(=O)OCc2ccccc2)C1)NCC(NC(=O)CCCc1ccccc1)C(=O)O. The standard InChI is InChI=1S/C33H39N5O7/c39-30(16-9-14-24-10-3-1-4-11-24)37-28(32(41)42)20-36-31(40)23-44-27-18-26(19-35-29-15-7-8-17-34-29)38(21-27)33(43)45-22-25-12-5-2-6-13-25/h1-8,10-13,15,17,26-28H,9,14,16,18-23H2,(H,34,35)(H,36,40)(H,37,39)(H,41,42). The second-order valence-electron chi connectivity index (χ2n) is 10.7. The van der Waals surface area contributed by atoms with Crippen LogP contribution in [0.5, 0.6) is 0 Å². The molecule has 3 unspecified atom stereocenters. The summed E-state index contributed by atoms with van der Waals surface area (Å²) in [4.78, 5) is 55.4. The van der Waals surface area contributed by atoms with Crippen molar-refractivity contribution in [1.82, 2.24) is 20.5 Å². The smallest absolute Gasteiger partial charge is 0.410 e. The van der Waals surface area contributed by atoms with Gasteiger partial charge in [0.15, 0.2) is 0 Å². The summed E-state index contributed by atoms with van der Waals surface area (Å²) in [7, 11) is 0. The van der Waals surface area contributed by atoms with E-state index in [9.17, 15) is 24.3 Å². The molecule has 3 aromatic rings. The Bertz CT molecular complexity index is 1380. The van der Waals surface area contributed by atoms with Crippen molar-refractivity contribution >= 4 is 29.7 Å². The maximum absolute atomic E-state index is 13.0. The van der Waals surface area contributed by atoms with Crippen LogP contribution in [-0.4, -0.2) is 83.3 Å². The second kappa shape index (κ2) is 17.4. The van der Waals surface area contributed by atoms with E-state index in [0.717, 1.165) is 11.1 Å². The van der Waals surface area contributed by atoms with Crippen LogP contribution in [-0.2, 0) is 36.9 Å². The average molecular weight is 618 g/mol. The highest BCUT2D eigenvalue weighted by molar-refractivity contribution is 5.84. The molecule has 3 amide bonds. The Kier molecular flexibility index (Phi) is 12.7. The third kappa shape index (κ3) is 11.2. The van der Waals surface area contributed by atoms with Gasteiger partial charge in [-0.3, -0.25) is 9.59 Å². The van der Waals surface area contributed by atoms with Gasteiger partial charge in [0, 0.05) is 25.7 Å². The first-order valence-electron chi connectivity index (χ1n) is 14.9. The molecule has 1 aromatic heterocycles. The van der Waals surface area contributed by atoms with Crippen LogP contribution < -0.4 is 16.0 Å². The first-order chi connectivity index (χ1) is 21.9. The first kappa shape index (κ1) is 32.9. The van der Waals surface area contributed by atoms with Crippen LogP contribution in [0.25, 0.3) is 0 Å². The van der Waals surface area contributed by atoms with E-state index in [2.05, 4.69) is 20.9 Å². The van der Waals surface area contributed by atoms with Crippen molar-refractivity contribution in [3.8, 4) is 0 Å². The number of aryl methyl sites for hydroxylation is 1. The lowest BCUT2D eigenvalue weighted by Crippen LogP contribution is -2.49. The number of amides is 3. The van der Waals surface area contributed by atoms with Gasteiger partial charge >= 0.3 is 12.1 Å². The van der Waals surface area contributed by atoms with Gasteiger partial charge < -0.3 is 35.4 Å². The highest BCUT2D eigenvalue weighted by Crippen LogP contribution is 2.22. The molecule has 238 valence electrons. The molecule has 12 heteroatoms. The Labute approximate surface area is 262 Å². The number of benzene rings is 2. The summed E-state index contributed by atoms with van der Waals surface area (Å²) in [5.41, 5.74) is 1.96. The fourth-order valence-electron chi connectivity index (χ4n) is 4.93. The van der Waals surface area contributed by atoms with Crippen molar-refractivity contribution in [1.29, 1.82) is 0 Å². The zero-order valence-electron chi connectivity index (χ0n) is 25.0. The first-order valence-corrected chi connectivity index (χ1v) is 14.9. The van der Waals surface area contributed by atoms with Crippen LogP contribution in [0.15, 0.2) is 85.1 Å². The number of hydrogen-bond acceptors (Lipinski definition) is 8. The predicted molar refractivity (Wildman–Crippen MR) is 166 cm³/mol. The van der Waals surface area contributed by atoms with Crippen LogP contribution in [0.3, 0.4) is 0 Å². The molecule has 0 bridgehead atoms. The van der Waals surface area contributed by atoms with Gasteiger partial charge in [-0.2, -0.15) is 0 Å². The fourth-order valence-corrected chi connectivity index (χ4v) is 4.93. The maximum Gasteiger partial charge on any atom is 0.410 e. The van der Waals surface area contributed by atoms with Crippen LogP contribution >= 0.6 is 0 Å². The number of nitrogens with zero attached hydrogens (tertiary/aromatic N) is 2. The van der Waals surface area contributed by atoms with Crippen LogP contribution in [0, 0.1) is 0 Å². The molecule has 2 aromatic carbocycles. The molecule has 1 fully saturated rings. The number of hydrogen-bond donors (Lipinski definition) is 4. The third-order valence-corrected chi connectivity index (χ3v) is 7.30. The molecule has 1 aliphatic heterocycles. The number of carboxylic acid groups (broad SMARTS) is 1. The van der Waals surface area contributed by atoms with E-state index in [1.807, 2.05) is 78.9 Å². The fraction of sp³-hybridized carbons (Fsp3) is 0.364. The Morgan fingerprint density at radius 2 is 1.64 bits per heavy atom. The van der Waals surface area contributed by atoms with Crippen molar-refractivity contribution in [2.24, 2.45) is 0 Å². The van der Waals surface area contributed by atoms with Crippen molar-refractivity contribution in [3.63, 3.8) is 0 Å². The number of carboxylic acids is 1. The molecule has 45 heavy (non-hydrogen) atoms. The summed E-state index contributed by atoms with van der Waals surface area (Å²) in [5.74, 6) is -1.53. The summed E-state index contributed by atoms with van der Waals surface area (Å²) >= 11 is 0. The van der Waals surface area contributed by atoms with E-state index in [4.69, 9.17) is 9.47 Å². The summed E-state index contributed by atoms with van der Waals surface area (Å²) in [6.07, 6.45) is 2.60. The van der Waals surface area contributed by atoms with Gasteiger partial charge in [-0.15, -0.1) is 0 Å². The zero-order valence-corrected chi connectivity index (χ0v) is 25.0. The van der Waals surface area contributed by atoms with E-state index in [1.54, 1.807) is 11.1 Å². The lowest BCUT2D eigenvalue weighted by Gasteiger charge is -2.24. The molecule has 0 saturated carbocycles. The molecule has 2 heterocycles. The van der Waals surface area contributed by atoms with Gasteiger partial charge in [0.2, 0.25) is 11.8 Å². The highest BCUT2D eigenvalue weighted by atomic mass is 16.6. The monoisotopic (exact) mass is 617 g/mol. The number of ether oxygens (including phenoxy) is 2. The van der Waals surface area contributed by atoms with E-state index >= 15 is 0 Å². The Morgan fingerprint density at radius 3 is 2.33 bits per heavy atom. The number of pyridine rings is 1. The number of aliphatic carboxylic acids is 1. The molecular weight excluding hydrogens is 578 g/mol. The predicted octanol–water partition coefficient (Wildman–Crippen LogP) is 3.00. The van der Waals surface area contributed by atoms with Gasteiger partial charge in [0.05, 0.1) is 18.7 Å². The Hall–Kier alpha value is -4.97. The molecule has 3 atom stereocenters. The molecule has 0 spiro atoms. The normalized spacial score (nSPS) is 16.4. The maximum atomic E-state index is 13.0. The summed E-state index contributed by atoms with van der Waals surface area (Å²) in [6.45, 7) is 0.108. The molecule has 12 nitrogen and oxygen atoms in total. The lowest BCUT2D eigenvalue weighted by molar-refractivity contribution is -0.142. The van der Waals surface area contributed by atoms with E-state index in [-0.39, 0.29) is 38.8 Å². The van der Waals surface area contributed by atoms with E-state index < -0.39 is 36.0 Å². The number of carbonyl (C=O) groups is 4. The average Bonchev–Trinajstić information content (AvgIpc) is 3.48. The van der Waals surface area contributed by atoms with Crippen LogP contribution in [0.1, 0.15) is 30.4 Å². The highest BCUT2D eigenvalue weighted by Gasteiger charge is 2.37. The topological polar surface area (TPSA) is 159 Å². The second-order valence-corrected chi connectivity index (χ2v) is 10.7. The number of rotatable bonds is 16. The summed E-state index contributed by atoms with van der Waals surface area (Å²) < 4.78 is 11.4. The zero-order chi connectivity index (χ0) is 31.9. The van der Waals surface area contributed by atoms with Crippen molar-refractivity contribution in [3.05, 3.63) is 96.2 Å². The van der Waals surface area contributed by atoms with E-state index in [1.165, 1.54) is 0 Å². The Morgan fingerprint density at radius 1 is 0.933 bits per heavy atom. The minimum atomic E-state index is -1.28. The number of aromatic nitrogens is 1. The summed E-state index contributed by atoms with van der Waals surface area (Å²) in [6, 6.07) is 23.0. The molecule has 0 aliphatic carbocycles. The van der Waals surface area contributed by atoms with Crippen LogP contribution in [0.2, 0.25) is 0 Å². The Balaban J connectivity index is 1.22. The number of likely N-dealkylation sites (tertiary alicyclic amines) is 1. The van der Waals surface area contributed by atoms with Crippen molar-refractivity contribution in [2.45, 2.75) is 50.5 Å². The van der Waals surface area contributed by atoms with Gasteiger partial charge in [-0.25, -0.2) is 14.6 Å². The summed E-state index contributed by atoms with van der Waals surface area (Å²) in [5, 5.41) is 17.8. The largest absolute Gasteiger partial charge is 0.480 e. The molecule has 1 saturated heterocycles. The molecule has 1 aliphatic rings. The minimum Gasteiger partial charge on any atom is -0.480 e. The van der Waals surface area contributed by atoms with Gasteiger partial charge in [0.25, 0.3) is 0 Å². The van der Waals surface area contributed by atoms with E-state index in [0.29, 0.717) is 31.6 Å². The quantitative estimate of drug-likeness (QED) is 0.190. The molecular formula is C33H39N5O7. The molecule has 0 radical (unpaired) electrons. The number of carbonyl (C=O) groups excluding carboxylic acids is 3. The third-order valence-electron chi connectivity index (χ3n) is 7.30. The number of anilines is 1. The lowest BCUT2D eigenvalue weighted by atomic mass is 10.1. The minimum absolute atomic E-state index is 0.124. The number of nitrogens with one attached hydrogen (secondary N) is 3. The molecule has 4 N–H and O–H groups in total. The molecule has 4 rings (SSSR count). The van der Waals surface area contributed by atoms with Gasteiger partial charge in [0.1, 0.15) is 25.1 Å².